The van der Waals surface area contributed by atoms with Crippen molar-refractivity contribution in [3.8, 4) is 11.5 Å². The van der Waals surface area contributed by atoms with Crippen molar-refractivity contribution in [2.24, 2.45) is 0 Å². The van der Waals surface area contributed by atoms with Crippen molar-refractivity contribution in [3.05, 3.63) is 59.7 Å². The summed E-state index contributed by atoms with van der Waals surface area (Å²) in [4.78, 5) is 23.2. The highest BCUT2D eigenvalue weighted by Crippen LogP contribution is 2.44. The molecule has 6 nitrogen and oxygen atoms in total. The Hall–Kier alpha value is -2.67. The molecule has 2 aromatic rings. The van der Waals surface area contributed by atoms with Crippen LogP contribution in [0.2, 0.25) is 0 Å². The van der Waals surface area contributed by atoms with Crippen LogP contribution in [0.25, 0.3) is 0 Å². The number of esters is 2. The number of phenols is 2. The average Bonchev–Trinajstić information content (AvgIpc) is 2.99. The minimum Gasteiger partial charge on any atom is -0.508 e. The first-order valence-corrected chi connectivity index (χ1v) is 9.94. The van der Waals surface area contributed by atoms with Gasteiger partial charge < -0.3 is 19.7 Å². The summed E-state index contributed by atoms with van der Waals surface area (Å²) in [5.41, 5.74) is 1.84. The van der Waals surface area contributed by atoms with Gasteiger partial charge in [-0.1, -0.05) is 24.3 Å². The summed E-state index contributed by atoms with van der Waals surface area (Å²) in [5, 5.41) is 19.1. The highest BCUT2D eigenvalue weighted by Gasteiger charge is 2.46. The van der Waals surface area contributed by atoms with Gasteiger partial charge in [-0.05, 0) is 35.4 Å². The molecule has 3 rings (SSSR count). The highest BCUT2D eigenvalue weighted by molar-refractivity contribution is 8.00. The van der Waals surface area contributed by atoms with Gasteiger partial charge >= 0.3 is 11.9 Å². The number of ether oxygens (including phenoxy) is 2. The number of carbonyl (C=O) groups excluding carboxylic acids is 2. The van der Waals surface area contributed by atoms with Crippen LogP contribution in [0.5, 0.6) is 11.5 Å². The molecular formula is C21H22O6S. The van der Waals surface area contributed by atoms with Crippen molar-refractivity contribution in [3.63, 3.8) is 0 Å². The third-order valence-electron chi connectivity index (χ3n) is 4.60. The van der Waals surface area contributed by atoms with Crippen molar-refractivity contribution in [2.45, 2.75) is 37.2 Å². The zero-order valence-electron chi connectivity index (χ0n) is 15.6. The lowest BCUT2D eigenvalue weighted by molar-refractivity contribution is -0.162. The van der Waals surface area contributed by atoms with Crippen LogP contribution in [0, 0.1) is 0 Å². The molecule has 0 aliphatic carbocycles. The van der Waals surface area contributed by atoms with Gasteiger partial charge in [-0.2, -0.15) is 0 Å². The van der Waals surface area contributed by atoms with Crippen LogP contribution in [-0.2, 0) is 19.1 Å². The molecular weight excluding hydrogens is 380 g/mol. The molecule has 1 aliphatic rings. The summed E-state index contributed by atoms with van der Waals surface area (Å²) >= 11 is 1.57. The Morgan fingerprint density at radius 1 is 0.893 bits per heavy atom. The Balaban J connectivity index is 2.02. The molecule has 2 N–H and O–H groups in total. The quantitative estimate of drug-likeness (QED) is 0.742. The molecule has 3 atom stereocenters. The van der Waals surface area contributed by atoms with E-state index in [1.807, 2.05) is 24.3 Å². The van der Waals surface area contributed by atoms with Gasteiger partial charge in [0.05, 0.1) is 5.25 Å². The molecule has 1 heterocycles. The molecule has 1 fully saturated rings. The number of rotatable bonds is 5. The van der Waals surface area contributed by atoms with E-state index in [4.69, 9.17) is 9.47 Å². The van der Waals surface area contributed by atoms with E-state index in [-0.39, 0.29) is 22.7 Å². The summed E-state index contributed by atoms with van der Waals surface area (Å²) in [6.45, 7) is 2.67. The molecule has 0 amide bonds. The molecule has 0 bridgehead atoms. The second-order valence-corrected chi connectivity index (χ2v) is 7.89. The fourth-order valence-electron chi connectivity index (χ4n) is 3.48. The van der Waals surface area contributed by atoms with Gasteiger partial charge in [0.2, 0.25) is 0 Å². The zero-order valence-corrected chi connectivity index (χ0v) is 16.4. The molecule has 1 aliphatic heterocycles. The van der Waals surface area contributed by atoms with Crippen LogP contribution >= 0.6 is 11.8 Å². The van der Waals surface area contributed by atoms with Gasteiger partial charge in [0.25, 0.3) is 0 Å². The van der Waals surface area contributed by atoms with Crippen molar-refractivity contribution in [1.29, 1.82) is 0 Å². The number of aromatic hydroxyl groups is 2. The molecule has 0 spiro atoms. The monoisotopic (exact) mass is 402 g/mol. The fraction of sp³-hybridized carbons (Fsp3) is 0.333. The Bertz CT molecular complexity index is 787. The van der Waals surface area contributed by atoms with E-state index < -0.39 is 24.1 Å². The lowest BCUT2D eigenvalue weighted by Crippen LogP contribution is -2.39. The molecule has 0 radical (unpaired) electrons. The molecule has 0 aromatic heterocycles. The summed E-state index contributed by atoms with van der Waals surface area (Å²) < 4.78 is 11.0. The molecule has 7 heteroatoms. The summed E-state index contributed by atoms with van der Waals surface area (Å²) in [7, 11) is 0. The first kappa shape index (κ1) is 20.1. The van der Waals surface area contributed by atoms with Gasteiger partial charge in [0.15, 0.2) is 6.10 Å². The largest absolute Gasteiger partial charge is 0.508 e. The van der Waals surface area contributed by atoms with E-state index >= 15 is 0 Å². The maximum Gasteiger partial charge on any atom is 0.303 e. The predicted octanol–water partition coefficient (Wildman–Crippen LogP) is 3.21. The maximum absolute atomic E-state index is 11.7. The summed E-state index contributed by atoms with van der Waals surface area (Å²) in [6, 6.07) is 13.7. The summed E-state index contributed by atoms with van der Waals surface area (Å²) in [5.74, 6) is -0.243. The third-order valence-corrected chi connectivity index (χ3v) is 6.04. The number of carbonyl (C=O) groups is 2. The van der Waals surface area contributed by atoms with Crippen LogP contribution in [0.1, 0.15) is 30.9 Å². The van der Waals surface area contributed by atoms with Crippen molar-refractivity contribution < 1.29 is 29.3 Å². The highest BCUT2D eigenvalue weighted by atomic mass is 32.2. The molecule has 2 aromatic carbocycles. The van der Waals surface area contributed by atoms with E-state index in [1.54, 1.807) is 36.0 Å². The molecule has 28 heavy (non-hydrogen) atoms. The fourth-order valence-corrected chi connectivity index (χ4v) is 5.07. The smallest absolute Gasteiger partial charge is 0.303 e. The maximum atomic E-state index is 11.7. The standard InChI is InChI=1S/C21H22O6S/c1-12(22)26-18-11-28-21(20(18)27-13(2)23)19(14-3-7-16(24)8-4-14)15-5-9-17(25)10-6-15/h3-10,18-21,24-25H,11H2,1-2H3/t18-,20+,21-/m1/s1. The van der Waals surface area contributed by atoms with Gasteiger partial charge in [-0.3, -0.25) is 9.59 Å². The Morgan fingerprint density at radius 2 is 1.36 bits per heavy atom. The van der Waals surface area contributed by atoms with Gasteiger partial charge in [-0.15, -0.1) is 11.8 Å². The SMILES string of the molecule is CC(=O)O[C@@H]1[C@@H](C(c2ccc(O)cc2)c2ccc(O)cc2)SC[C@H]1OC(C)=O. The van der Waals surface area contributed by atoms with E-state index in [0.29, 0.717) is 5.75 Å². The average molecular weight is 402 g/mol. The Labute approximate surface area is 167 Å². The second-order valence-electron chi connectivity index (χ2n) is 6.68. The molecule has 1 saturated heterocycles. The normalized spacial score (nSPS) is 21.5. The lowest BCUT2D eigenvalue weighted by Gasteiger charge is -2.30. The topological polar surface area (TPSA) is 93.1 Å². The number of thioether (sulfide) groups is 1. The van der Waals surface area contributed by atoms with Gasteiger partial charge in [0, 0.05) is 25.5 Å². The van der Waals surface area contributed by atoms with Crippen LogP contribution in [0.4, 0.5) is 0 Å². The van der Waals surface area contributed by atoms with Gasteiger partial charge in [-0.25, -0.2) is 0 Å². The number of phenolic OH excluding ortho intramolecular Hbond substituents is 2. The van der Waals surface area contributed by atoms with Crippen molar-refractivity contribution >= 4 is 23.7 Å². The van der Waals surface area contributed by atoms with Crippen LogP contribution in [0.15, 0.2) is 48.5 Å². The van der Waals surface area contributed by atoms with Crippen molar-refractivity contribution in [2.75, 3.05) is 5.75 Å². The first-order valence-electron chi connectivity index (χ1n) is 8.89. The minimum absolute atomic E-state index is 0.154. The molecule has 0 saturated carbocycles. The van der Waals surface area contributed by atoms with Gasteiger partial charge in [0.1, 0.15) is 17.6 Å². The lowest BCUT2D eigenvalue weighted by atomic mass is 9.85. The second kappa shape index (κ2) is 8.56. The number of benzene rings is 2. The van der Waals surface area contributed by atoms with Crippen LogP contribution in [0.3, 0.4) is 0 Å². The Morgan fingerprint density at radius 3 is 1.79 bits per heavy atom. The molecule has 0 unspecified atom stereocenters. The van der Waals surface area contributed by atoms with E-state index in [2.05, 4.69) is 0 Å². The molecule has 148 valence electrons. The van der Waals surface area contributed by atoms with E-state index in [0.717, 1.165) is 11.1 Å². The first-order chi connectivity index (χ1) is 13.3. The third kappa shape index (κ3) is 4.59. The van der Waals surface area contributed by atoms with E-state index in [1.165, 1.54) is 13.8 Å². The van der Waals surface area contributed by atoms with E-state index in [9.17, 15) is 19.8 Å². The number of hydrogen-bond acceptors (Lipinski definition) is 7. The summed E-state index contributed by atoms with van der Waals surface area (Å²) in [6.07, 6.45) is -1.15. The van der Waals surface area contributed by atoms with Crippen LogP contribution in [-0.4, -0.2) is 45.4 Å². The predicted molar refractivity (Wildman–Crippen MR) is 105 cm³/mol. The Kier molecular flexibility index (Phi) is 6.14. The van der Waals surface area contributed by atoms with Crippen LogP contribution < -0.4 is 0 Å². The zero-order chi connectivity index (χ0) is 20.3. The minimum atomic E-state index is -0.612. The number of hydrogen-bond donors (Lipinski definition) is 2. The van der Waals surface area contributed by atoms with Crippen molar-refractivity contribution in [1.82, 2.24) is 0 Å².